The maximum atomic E-state index is 14.9. The zero-order valence-electron chi connectivity index (χ0n) is 20.9. The standard InChI is InChI=1S/C26H23F2N5O6S/c1-38-25(36)20(32-23(34)19(29)10-15-11-30-12-31-15)8-14-6-17(27)22(18(28)7-14)39-16-4-2-13(3-5-16)9-21-24(35)33-26(37)40-21/h2-7,9,11-12,19-20H,8,10,29H2,1H3,(H,30,31)(H,32,34)(H,33,35,37). The Balaban J connectivity index is 1.43. The average molecular weight is 572 g/mol. The van der Waals surface area contributed by atoms with Gasteiger partial charge < -0.3 is 25.5 Å². The summed E-state index contributed by atoms with van der Waals surface area (Å²) in [6, 6.07) is 5.64. The molecule has 3 aromatic rings. The zero-order chi connectivity index (χ0) is 28.8. The highest BCUT2D eigenvalue weighted by Crippen LogP contribution is 2.30. The van der Waals surface area contributed by atoms with E-state index in [9.17, 15) is 28.0 Å². The van der Waals surface area contributed by atoms with Gasteiger partial charge in [0, 0.05) is 19.0 Å². The van der Waals surface area contributed by atoms with Gasteiger partial charge in [-0.15, -0.1) is 0 Å². The highest BCUT2D eigenvalue weighted by molar-refractivity contribution is 8.18. The molecule has 0 aliphatic carbocycles. The molecule has 5 N–H and O–H groups in total. The molecule has 208 valence electrons. The summed E-state index contributed by atoms with van der Waals surface area (Å²) in [6.45, 7) is 0. The SMILES string of the molecule is COC(=O)C(Cc1cc(F)c(Oc2ccc(C=C3SC(=O)NC3=O)cc2)c(F)c1)NC(=O)C(N)Cc1c[nH]cn1. The van der Waals surface area contributed by atoms with Crippen molar-refractivity contribution in [2.75, 3.05) is 7.11 Å². The fourth-order valence-corrected chi connectivity index (χ4v) is 4.40. The Labute approximate surface area is 230 Å². The number of aromatic nitrogens is 2. The molecule has 1 saturated heterocycles. The van der Waals surface area contributed by atoms with Gasteiger partial charge in [0.25, 0.3) is 11.1 Å². The summed E-state index contributed by atoms with van der Waals surface area (Å²) in [5.74, 6) is -4.64. The van der Waals surface area contributed by atoms with Crippen LogP contribution in [0.25, 0.3) is 6.08 Å². The first kappa shape index (κ1) is 28.4. The van der Waals surface area contributed by atoms with Crippen molar-refractivity contribution in [1.82, 2.24) is 20.6 Å². The minimum absolute atomic E-state index is 0.0581. The van der Waals surface area contributed by atoms with Crippen LogP contribution < -0.4 is 21.1 Å². The van der Waals surface area contributed by atoms with Crippen molar-refractivity contribution >= 4 is 40.9 Å². The lowest BCUT2D eigenvalue weighted by molar-refractivity contribution is -0.145. The van der Waals surface area contributed by atoms with Gasteiger partial charge in [-0.05, 0) is 53.2 Å². The van der Waals surface area contributed by atoms with Crippen LogP contribution in [0.15, 0.2) is 53.8 Å². The predicted octanol–water partition coefficient (Wildman–Crippen LogP) is 2.57. The molecule has 0 spiro atoms. The topological polar surface area (TPSA) is 166 Å². The molecule has 3 amide bonds. The van der Waals surface area contributed by atoms with Crippen LogP contribution in [0.1, 0.15) is 16.8 Å². The Hall–Kier alpha value is -4.56. The molecule has 2 aromatic carbocycles. The first-order valence-electron chi connectivity index (χ1n) is 11.7. The molecule has 1 aliphatic heterocycles. The Kier molecular flexibility index (Phi) is 8.91. The van der Waals surface area contributed by atoms with Gasteiger partial charge in [-0.2, -0.15) is 0 Å². The van der Waals surface area contributed by atoms with Crippen molar-refractivity contribution in [2.45, 2.75) is 24.9 Å². The molecule has 0 saturated carbocycles. The van der Waals surface area contributed by atoms with Crippen LogP contribution in [-0.4, -0.2) is 52.2 Å². The van der Waals surface area contributed by atoms with Crippen LogP contribution in [0.5, 0.6) is 11.5 Å². The number of esters is 1. The first-order chi connectivity index (χ1) is 19.1. The molecule has 2 atom stereocenters. The lowest BCUT2D eigenvalue weighted by Crippen LogP contribution is -2.50. The van der Waals surface area contributed by atoms with E-state index in [1.165, 1.54) is 24.5 Å². The van der Waals surface area contributed by atoms with Crippen molar-refractivity contribution in [3.8, 4) is 11.5 Å². The number of methoxy groups -OCH3 is 1. The fourth-order valence-electron chi connectivity index (χ4n) is 3.72. The van der Waals surface area contributed by atoms with Crippen molar-refractivity contribution in [1.29, 1.82) is 0 Å². The van der Waals surface area contributed by atoms with Crippen molar-refractivity contribution in [3.63, 3.8) is 0 Å². The van der Waals surface area contributed by atoms with Crippen LogP contribution in [0.3, 0.4) is 0 Å². The Morgan fingerprint density at radius 2 is 1.85 bits per heavy atom. The minimum Gasteiger partial charge on any atom is -0.467 e. The number of imide groups is 1. The first-order valence-corrected chi connectivity index (χ1v) is 12.6. The number of carbonyl (C=O) groups is 4. The number of benzene rings is 2. The van der Waals surface area contributed by atoms with E-state index < -0.39 is 52.5 Å². The van der Waals surface area contributed by atoms with Crippen molar-refractivity contribution < 1.29 is 37.4 Å². The van der Waals surface area contributed by atoms with Crippen LogP contribution in [0, 0.1) is 11.6 Å². The molecule has 2 heterocycles. The van der Waals surface area contributed by atoms with Crippen LogP contribution in [0.4, 0.5) is 13.6 Å². The highest BCUT2D eigenvalue weighted by atomic mass is 32.2. The summed E-state index contributed by atoms with van der Waals surface area (Å²) in [5.41, 5.74) is 7.07. The number of nitrogens with zero attached hydrogens (tertiary/aromatic N) is 1. The number of nitrogens with two attached hydrogens (primary N) is 1. The van der Waals surface area contributed by atoms with E-state index in [0.717, 1.165) is 31.0 Å². The lowest BCUT2D eigenvalue weighted by Gasteiger charge is -2.19. The number of ether oxygens (including phenoxy) is 2. The summed E-state index contributed by atoms with van der Waals surface area (Å²) in [5, 5.41) is 4.13. The summed E-state index contributed by atoms with van der Waals surface area (Å²) in [4.78, 5) is 54.7. The molecular formula is C26H23F2N5O6S. The summed E-state index contributed by atoms with van der Waals surface area (Å²) < 4.78 is 39.9. The molecule has 0 bridgehead atoms. The van der Waals surface area contributed by atoms with E-state index >= 15 is 0 Å². The molecule has 1 aliphatic rings. The van der Waals surface area contributed by atoms with E-state index in [1.807, 2.05) is 0 Å². The van der Waals surface area contributed by atoms with Gasteiger partial charge >= 0.3 is 5.97 Å². The third-order valence-electron chi connectivity index (χ3n) is 5.66. The lowest BCUT2D eigenvalue weighted by atomic mass is 10.0. The van der Waals surface area contributed by atoms with Gasteiger partial charge in [0.2, 0.25) is 5.91 Å². The number of nitrogens with one attached hydrogen (secondary N) is 3. The van der Waals surface area contributed by atoms with Gasteiger partial charge in [-0.25, -0.2) is 18.6 Å². The second-order valence-corrected chi connectivity index (χ2v) is 9.59. The van der Waals surface area contributed by atoms with E-state index in [-0.39, 0.29) is 29.1 Å². The molecule has 14 heteroatoms. The van der Waals surface area contributed by atoms with Gasteiger partial charge in [-0.1, -0.05) is 12.1 Å². The molecule has 0 radical (unpaired) electrons. The van der Waals surface area contributed by atoms with Gasteiger partial charge in [-0.3, -0.25) is 19.7 Å². The van der Waals surface area contributed by atoms with E-state index in [0.29, 0.717) is 11.3 Å². The Morgan fingerprint density at radius 3 is 2.42 bits per heavy atom. The number of rotatable bonds is 10. The molecule has 2 unspecified atom stereocenters. The molecule has 4 rings (SSSR count). The van der Waals surface area contributed by atoms with E-state index in [1.54, 1.807) is 18.3 Å². The third-order valence-corrected chi connectivity index (χ3v) is 6.47. The minimum atomic E-state index is -1.26. The highest BCUT2D eigenvalue weighted by Gasteiger charge is 2.27. The number of hydrogen-bond donors (Lipinski definition) is 4. The molecule has 1 aromatic heterocycles. The Bertz CT molecular complexity index is 1440. The average Bonchev–Trinajstić information content (AvgIpc) is 3.54. The maximum Gasteiger partial charge on any atom is 0.328 e. The number of amides is 3. The zero-order valence-corrected chi connectivity index (χ0v) is 21.7. The molecule has 1 fully saturated rings. The van der Waals surface area contributed by atoms with E-state index in [2.05, 4.69) is 20.6 Å². The van der Waals surface area contributed by atoms with Gasteiger partial charge in [0.15, 0.2) is 17.4 Å². The number of halogens is 2. The van der Waals surface area contributed by atoms with Gasteiger partial charge in [0.1, 0.15) is 11.8 Å². The summed E-state index contributed by atoms with van der Waals surface area (Å²) in [7, 11) is 1.12. The molecule has 40 heavy (non-hydrogen) atoms. The largest absolute Gasteiger partial charge is 0.467 e. The monoisotopic (exact) mass is 571 g/mol. The normalized spacial score (nSPS) is 15.4. The Morgan fingerprint density at radius 1 is 1.15 bits per heavy atom. The maximum absolute atomic E-state index is 14.9. The van der Waals surface area contributed by atoms with Crippen molar-refractivity contribution in [3.05, 3.63) is 82.3 Å². The van der Waals surface area contributed by atoms with Crippen LogP contribution >= 0.6 is 11.8 Å². The number of hydrogen-bond acceptors (Lipinski definition) is 9. The third kappa shape index (κ3) is 7.09. The predicted molar refractivity (Wildman–Crippen MR) is 140 cm³/mol. The molecular weight excluding hydrogens is 548 g/mol. The quantitative estimate of drug-likeness (QED) is 0.211. The number of imidazole rings is 1. The van der Waals surface area contributed by atoms with Crippen LogP contribution in [0.2, 0.25) is 0 Å². The number of thioether (sulfide) groups is 1. The molecule has 11 nitrogen and oxygen atoms in total. The number of carbonyl (C=O) groups excluding carboxylic acids is 4. The second kappa shape index (κ2) is 12.5. The van der Waals surface area contributed by atoms with E-state index in [4.69, 9.17) is 15.2 Å². The van der Waals surface area contributed by atoms with Gasteiger partial charge in [0.05, 0.1) is 30.1 Å². The number of H-pyrrole nitrogens is 1. The van der Waals surface area contributed by atoms with Crippen molar-refractivity contribution in [2.24, 2.45) is 5.73 Å². The summed E-state index contributed by atoms with van der Waals surface area (Å²) >= 11 is 0.762. The fraction of sp³-hybridized carbons (Fsp3) is 0.192. The summed E-state index contributed by atoms with van der Waals surface area (Å²) in [6.07, 6.45) is 4.32. The van der Waals surface area contributed by atoms with Crippen LogP contribution in [-0.2, 0) is 32.0 Å². The number of aromatic amines is 1. The second-order valence-electron chi connectivity index (χ2n) is 8.57. The smallest absolute Gasteiger partial charge is 0.328 e.